The Balaban J connectivity index is 1.61. The lowest BCUT2D eigenvalue weighted by molar-refractivity contribution is -0.118. The maximum atomic E-state index is 13.4. The molecule has 24 heavy (non-hydrogen) atoms. The van der Waals surface area contributed by atoms with Crippen molar-refractivity contribution in [1.82, 2.24) is 4.98 Å². The van der Waals surface area contributed by atoms with E-state index < -0.39 is 11.7 Å². The van der Waals surface area contributed by atoms with Crippen molar-refractivity contribution in [3.8, 4) is 17.0 Å². The fourth-order valence-electron chi connectivity index (χ4n) is 1.83. The summed E-state index contributed by atoms with van der Waals surface area (Å²) in [7, 11) is 0. The van der Waals surface area contributed by atoms with Gasteiger partial charge in [0.25, 0.3) is 5.91 Å². The van der Waals surface area contributed by atoms with Crippen molar-refractivity contribution in [2.75, 3.05) is 11.9 Å². The molecule has 0 saturated carbocycles. The number of amides is 1. The van der Waals surface area contributed by atoms with Gasteiger partial charge in [-0.15, -0.1) is 22.7 Å². The second kappa shape index (κ2) is 7.48. The van der Waals surface area contributed by atoms with Gasteiger partial charge < -0.3 is 4.74 Å². The number of carbonyl (C=O) groups is 1. The normalized spacial score (nSPS) is 10.6. The molecule has 0 bridgehead atoms. The molecule has 0 fully saturated rings. The number of para-hydroxylation sites is 1. The highest BCUT2D eigenvalue weighted by Crippen LogP contribution is 2.38. The minimum absolute atomic E-state index is 0.0205. The Morgan fingerprint density at radius 3 is 2.83 bits per heavy atom. The zero-order chi connectivity index (χ0) is 17.1. The minimum Gasteiger partial charge on any atom is -0.481 e. The molecule has 4 nitrogen and oxygen atoms in total. The third-order valence-electron chi connectivity index (χ3n) is 2.88. The quantitative estimate of drug-likeness (QED) is 0.626. The molecule has 1 aromatic carbocycles. The average Bonchev–Trinajstić information content (AvgIpc) is 3.12. The Labute approximate surface area is 154 Å². The van der Waals surface area contributed by atoms with Crippen molar-refractivity contribution in [2.24, 2.45) is 0 Å². The molecule has 9 heteroatoms. The van der Waals surface area contributed by atoms with Gasteiger partial charge in [-0.1, -0.05) is 35.3 Å². The first-order valence-corrected chi connectivity index (χ1v) is 9.06. The second-order valence-electron chi connectivity index (χ2n) is 4.54. The Kier molecular flexibility index (Phi) is 5.35. The van der Waals surface area contributed by atoms with Crippen molar-refractivity contribution in [1.29, 1.82) is 0 Å². The number of ether oxygens (including phenoxy) is 1. The third kappa shape index (κ3) is 4.05. The van der Waals surface area contributed by atoms with E-state index in [0.717, 1.165) is 0 Å². The fourth-order valence-corrected chi connectivity index (χ4v) is 4.04. The molecule has 0 spiro atoms. The van der Waals surface area contributed by atoms with E-state index in [4.69, 9.17) is 27.9 Å². The lowest BCUT2D eigenvalue weighted by Gasteiger charge is -2.06. The first-order chi connectivity index (χ1) is 11.5. The van der Waals surface area contributed by atoms with E-state index in [0.29, 0.717) is 25.1 Å². The topological polar surface area (TPSA) is 51.2 Å². The lowest BCUT2D eigenvalue weighted by atomic mass is 10.3. The minimum atomic E-state index is -0.522. The summed E-state index contributed by atoms with van der Waals surface area (Å²) in [5, 5.41) is 4.75. The highest BCUT2D eigenvalue weighted by Gasteiger charge is 2.14. The summed E-state index contributed by atoms with van der Waals surface area (Å²) in [6.45, 7) is -0.319. The fraction of sp³-hybridized carbons (Fsp3) is 0.0667. The van der Waals surface area contributed by atoms with Crippen molar-refractivity contribution >= 4 is 56.9 Å². The zero-order valence-electron chi connectivity index (χ0n) is 11.9. The molecule has 0 saturated heterocycles. The molecule has 0 aliphatic carbocycles. The first kappa shape index (κ1) is 17.2. The summed E-state index contributed by atoms with van der Waals surface area (Å²) < 4.78 is 19.6. The van der Waals surface area contributed by atoms with Crippen molar-refractivity contribution in [3.05, 3.63) is 50.2 Å². The van der Waals surface area contributed by atoms with Crippen LogP contribution in [-0.4, -0.2) is 17.5 Å². The number of anilines is 1. The van der Waals surface area contributed by atoms with Crippen LogP contribution in [0.15, 0.2) is 35.7 Å². The largest absolute Gasteiger partial charge is 0.481 e. The molecule has 3 rings (SSSR count). The number of rotatable bonds is 5. The molecule has 0 unspecified atom stereocenters. The van der Waals surface area contributed by atoms with Crippen LogP contribution in [0.4, 0.5) is 9.52 Å². The maximum Gasteiger partial charge on any atom is 0.264 e. The number of nitrogens with one attached hydrogen (secondary N) is 1. The van der Waals surface area contributed by atoms with Crippen LogP contribution in [0, 0.1) is 5.82 Å². The molecule has 0 aliphatic rings. The van der Waals surface area contributed by atoms with Gasteiger partial charge in [0.1, 0.15) is 4.34 Å². The monoisotopic (exact) mass is 402 g/mol. The zero-order valence-corrected chi connectivity index (χ0v) is 15.0. The third-order valence-corrected chi connectivity index (χ3v) is 5.12. The molecular weight excluding hydrogens is 394 g/mol. The molecule has 3 aromatic rings. The Hall–Kier alpha value is -1.67. The highest BCUT2D eigenvalue weighted by atomic mass is 35.5. The number of thiophene rings is 1. The summed E-state index contributed by atoms with van der Waals surface area (Å²) in [4.78, 5) is 16.2. The predicted molar refractivity (Wildman–Crippen MR) is 96.0 cm³/mol. The summed E-state index contributed by atoms with van der Waals surface area (Å²) in [5.41, 5.74) is 1.34. The van der Waals surface area contributed by atoms with Gasteiger partial charge in [0.05, 0.1) is 10.0 Å². The van der Waals surface area contributed by atoms with Gasteiger partial charge in [0, 0.05) is 10.9 Å². The van der Waals surface area contributed by atoms with Gasteiger partial charge in [-0.3, -0.25) is 10.1 Å². The summed E-state index contributed by atoms with van der Waals surface area (Å²) in [6, 6.07) is 7.60. The lowest BCUT2D eigenvalue weighted by Crippen LogP contribution is -2.20. The van der Waals surface area contributed by atoms with Crippen molar-refractivity contribution in [2.45, 2.75) is 0 Å². The van der Waals surface area contributed by atoms with Gasteiger partial charge in [-0.25, -0.2) is 9.37 Å². The number of nitrogens with zero attached hydrogens (tertiary/aromatic N) is 1. The number of aromatic nitrogens is 1. The molecule has 0 radical (unpaired) electrons. The number of benzene rings is 1. The predicted octanol–water partition coefficient (Wildman–Crippen LogP) is 5.34. The molecule has 124 valence electrons. The van der Waals surface area contributed by atoms with Crippen LogP contribution >= 0.6 is 45.9 Å². The molecule has 0 atom stereocenters. The highest BCUT2D eigenvalue weighted by molar-refractivity contribution is 7.20. The van der Waals surface area contributed by atoms with E-state index in [-0.39, 0.29) is 12.4 Å². The Morgan fingerprint density at radius 1 is 1.33 bits per heavy atom. The van der Waals surface area contributed by atoms with Gasteiger partial charge in [0.15, 0.2) is 23.3 Å². The van der Waals surface area contributed by atoms with Crippen LogP contribution in [0.3, 0.4) is 0 Å². The molecular formula is C15H9Cl2FN2O2S2. The molecule has 2 aromatic heterocycles. The SMILES string of the molecule is O=C(COc1ccccc1F)Nc1nc(-c2cc(Cl)sc2Cl)cs1. The number of halogens is 3. The van der Waals surface area contributed by atoms with Crippen LogP contribution in [-0.2, 0) is 4.79 Å². The summed E-state index contributed by atoms with van der Waals surface area (Å²) >= 11 is 14.5. The van der Waals surface area contributed by atoms with Crippen LogP contribution < -0.4 is 10.1 Å². The second-order valence-corrected chi connectivity index (χ2v) is 7.69. The molecule has 1 amide bonds. The molecule has 1 N–H and O–H groups in total. The number of hydrogen-bond donors (Lipinski definition) is 1. The van der Waals surface area contributed by atoms with E-state index in [1.165, 1.54) is 34.8 Å². The van der Waals surface area contributed by atoms with Crippen molar-refractivity contribution in [3.63, 3.8) is 0 Å². The van der Waals surface area contributed by atoms with E-state index in [1.807, 2.05) is 0 Å². The maximum absolute atomic E-state index is 13.4. The van der Waals surface area contributed by atoms with Crippen LogP contribution in [0.25, 0.3) is 11.3 Å². The average molecular weight is 403 g/mol. The smallest absolute Gasteiger partial charge is 0.264 e. The van der Waals surface area contributed by atoms with Crippen LogP contribution in [0.1, 0.15) is 0 Å². The van der Waals surface area contributed by atoms with Gasteiger partial charge in [0.2, 0.25) is 0 Å². The van der Waals surface area contributed by atoms with E-state index in [1.54, 1.807) is 23.6 Å². The Bertz CT molecular complexity index is 882. The van der Waals surface area contributed by atoms with E-state index in [9.17, 15) is 9.18 Å². The summed E-state index contributed by atoms with van der Waals surface area (Å²) in [6.07, 6.45) is 0. The van der Waals surface area contributed by atoms with E-state index >= 15 is 0 Å². The first-order valence-electron chi connectivity index (χ1n) is 6.61. The standard InChI is InChI=1S/C15H9Cl2FN2O2S2/c16-12-5-8(14(17)24-12)10-7-23-15(19-10)20-13(21)6-22-11-4-2-1-3-9(11)18/h1-5,7H,6H2,(H,19,20,21). The van der Waals surface area contributed by atoms with Crippen molar-refractivity contribution < 1.29 is 13.9 Å². The molecule has 2 heterocycles. The number of hydrogen-bond acceptors (Lipinski definition) is 5. The molecule has 0 aliphatic heterocycles. The Morgan fingerprint density at radius 2 is 2.12 bits per heavy atom. The number of carbonyl (C=O) groups excluding carboxylic acids is 1. The summed E-state index contributed by atoms with van der Waals surface area (Å²) in [5.74, 6) is -0.938. The van der Waals surface area contributed by atoms with Crippen LogP contribution in [0.2, 0.25) is 8.67 Å². The van der Waals surface area contributed by atoms with Gasteiger partial charge in [-0.2, -0.15) is 0 Å². The van der Waals surface area contributed by atoms with Gasteiger partial charge >= 0.3 is 0 Å². The van der Waals surface area contributed by atoms with Gasteiger partial charge in [-0.05, 0) is 18.2 Å². The van der Waals surface area contributed by atoms with Crippen LogP contribution in [0.5, 0.6) is 5.75 Å². The number of thiazole rings is 1. The van der Waals surface area contributed by atoms with E-state index in [2.05, 4.69) is 10.3 Å².